The van der Waals surface area contributed by atoms with Gasteiger partial charge in [0.15, 0.2) is 5.96 Å². The van der Waals surface area contributed by atoms with Gasteiger partial charge >= 0.3 is 6.55 Å². The van der Waals surface area contributed by atoms with E-state index in [2.05, 4.69) is 25.5 Å². The van der Waals surface area contributed by atoms with Gasteiger partial charge in [0.05, 0.1) is 19.3 Å². The third-order valence-corrected chi connectivity index (χ3v) is 4.89. The zero-order valence-electron chi connectivity index (χ0n) is 16.9. The number of benzene rings is 1. The minimum absolute atomic E-state index is 0.0126. The summed E-state index contributed by atoms with van der Waals surface area (Å²) in [7, 11) is 0. The highest BCUT2D eigenvalue weighted by Gasteiger charge is 2.23. The van der Waals surface area contributed by atoms with E-state index in [1.54, 1.807) is 12.1 Å². The largest absolute Gasteiger partial charge is 0.379 e. The minimum atomic E-state index is -2.66. The molecule has 0 saturated carbocycles. The Balaban J connectivity index is 1.71. The van der Waals surface area contributed by atoms with Crippen molar-refractivity contribution in [2.75, 3.05) is 39.4 Å². The van der Waals surface area contributed by atoms with Gasteiger partial charge in [-0.05, 0) is 24.6 Å². The summed E-state index contributed by atoms with van der Waals surface area (Å²) in [5.41, 5.74) is 0.981. The van der Waals surface area contributed by atoms with E-state index in [1.165, 1.54) is 24.5 Å². The number of imidazole rings is 1. The summed E-state index contributed by atoms with van der Waals surface area (Å²) < 4.78 is 45.7. The number of nitrogens with zero attached hydrogens (tertiary/aromatic N) is 4. The Kier molecular flexibility index (Phi) is 8.09. The molecule has 2 aromatic rings. The normalized spacial score (nSPS) is 16.6. The first kappa shape index (κ1) is 22.1. The lowest BCUT2D eigenvalue weighted by molar-refractivity contribution is 0.0170. The average Bonchev–Trinajstić information content (AvgIpc) is 3.23. The lowest BCUT2D eigenvalue weighted by Gasteiger charge is -2.35. The fraction of sp³-hybridized carbons (Fsp3) is 0.500. The van der Waals surface area contributed by atoms with Crippen molar-refractivity contribution >= 4 is 5.96 Å². The molecule has 7 nitrogen and oxygen atoms in total. The molecule has 10 heteroatoms. The number of hydrogen-bond donors (Lipinski definition) is 2. The second-order valence-electron chi connectivity index (χ2n) is 6.82. The molecule has 1 aromatic heterocycles. The highest BCUT2D eigenvalue weighted by Crippen LogP contribution is 2.21. The lowest BCUT2D eigenvalue weighted by atomic mass is 10.0. The van der Waals surface area contributed by atoms with Crippen LogP contribution in [0.4, 0.5) is 13.2 Å². The molecule has 1 aliphatic heterocycles. The number of alkyl halides is 2. The molecule has 0 radical (unpaired) electrons. The van der Waals surface area contributed by atoms with Crippen molar-refractivity contribution in [3.8, 4) is 0 Å². The number of aliphatic imine (C=N–C) groups is 1. The zero-order chi connectivity index (χ0) is 21.3. The zero-order valence-corrected chi connectivity index (χ0v) is 16.9. The van der Waals surface area contributed by atoms with Gasteiger partial charge in [-0.3, -0.25) is 9.47 Å². The highest BCUT2D eigenvalue weighted by molar-refractivity contribution is 5.79. The van der Waals surface area contributed by atoms with Crippen LogP contribution in [0.15, 0.2) is 41.7 Å². The highest BCUT2D eigenvalue weighted by atomic mass is 19.3. The summed E-state index contributed by atoms with van der Waals surface area (Å²) in [5, 5.41) is 6.40. The van der Waals surface area contributed by atoms with E-state index in [1.807, 2.05) is 6.92 Å². The van der Waals surface area contributed by atoms with Crippen LogP contribution in [-0.4, -0.2) is 59.8 Å². The Morgan fingerprint density at radius 2 is 1.93 bits per heavy atom. The van der Waals surface area contributed by atoms with Crippen molar-refractivity contribution in [3.63, 3.8) is 0 Å². The fourth-order valence-electron chi connectivity index (χ4n) is 3.36. The summed E-state index contributed by atoms with van der Waals surface area (Å²) >= 11 is 0. The van der Waals surface area contributed by atoms with Crippen molar-refractivity contribution < 1.29 is 17.9 Å². The molecule has 2 heterocycles. The van der Waals surface area contributed by atoms with Crippen LogP contribution in [-0.2, 0) is 11.3 Å². The maximum Gasteiger partial charge on any atom is 0.319 e. The van der Waals surface area contributed by atoms with E-state index < -0.39 is 6.55 Å². The number of hydrogen-bond acceptors (Lipinski definition) is 4. The van der Waals surface area contributed by atoms with Gasteiger partial charge in [-0.1, -0.05) is 12.1 Å². The standard InChI is InChI=1S/C20H27F3N6O/c1-2-24-20(27-14-18-25-7-8-29(18)19(22)23)26-13-17(28-9-11-30-12-10-28)15-3-5-16(21)6-4-15/h3-8,17,19H,2,9-14H2,1H3,(H2,24,26,27). The third kappa shape index (κ3) is 5.96. The summed E-state index contributed by atoms with van der Waals surface area (Å²) in [5.74, 6) is 0.407. The fourth-order valence-corrected chi connectivity index (χ4v) is 3.36. The molecular formula is C20H27F3N6O. The number of aromatic nitrogens is 2. The van der Waals surface area contributed by atoms with Crippen molar-refractivity contribution in [1.82, 2.24) is 25.1 Å². The Hall–Kier alpha value is -2.59. The number of nitrogens with one attached hydrogen (secondary N) is 2. The van der Waals surface area contributed by atoms with E-state index in [4.69, 9.17) is 4.74 Å². The topological polar surface area (TPSA) is 66.7 Å². The van der Waals surface area contributed by atoms with Crippen LogP contribution in [0.25, 0.3) is 0 Å². The van der Waals surface area contributed by atoms with E-state index in [0.29, 0.717) is 32.3 Å². The molecule has 1 fully saturated rings. The first-order chi connectivity index (χ1) is 14.6. The van der Waals surface area contributed by atoms with E-state index >= 15 is 0 Å². The van der Waals surface area contributed by atoms with E-state index in [0.717, 1.165) is 23.2 Å². The molecular weight excluding hydrogens is 397 g/mol. The summed E-state index contributed by atoms with van der Waals surface area (Å²) in [6, 6.07) is 6.45. The number of ether oxygens (including phenoxy) is 1. The average molecular weight is 424 g/mol. The third-order valence-electron chi connectivity index (χ3n) is 4.89. The van der Waals surface area contributed by atoms with Gasteiger partial charge in [0.2, 0.25) is 0 Å². The molecule has 1 unspecified atom stereocenters. The predicted molar refractivity (Wildman–Crippen MR) is 108 cm³/mol. The molecule has 1 atom stereocenters. The van der Waals surface area contributed by atoms with Crippen LogP contribution in [0.1, 0.15) is 30.9 Å². The van der Waals surface area contributed by atoms with Gasteiger partial charge in [-0.15, -0.1) is 0 Å². The second kappa shape index (κ2) is 11.0. The predicted octanol–water partition coefficient (Wildman–Crippen LogP) is 2.55. The molecule has 164 valence electrons. The molecule has 3 rings (SSSR count). The van der Waals surface area contributed by atoms with Crippen molar-refractivity contribution in [2.45, 2.75) is 26.1 Å². The maximum absolute atomic E-state index is 13.4. The van der Waals surface area contributed by atoms with Gasteiger partial charge in [0.1, 0.15) is 18.2 Å². The van der Waals surface area contributed by atoms with E-state index in [-0.39, 0.29) is 24.2 Å². The SMILES string of the molecule is CCNC(=NCc1nccn1C(F)F)NCC(c1ccc(F)cc1)N1CCOCC1. The van der Waals surface area contributed by atoms with Gasteiger partial charge in [-0.25, -0.2) is 14.4 Å². The molecule has 0 bridgehead atoms. The van der Waals surface area contributed by atoms with Gasteiger partial charge in [-0.2, -0.15) is 8.78 Å². The molecule has 1 aromatic carbocycles. The second-order valence-corrected chi connectivity index (χ2v) is 6.82. The Morgan fingerprint density at radius 3 is 2.60 bits per heavy atom. The quantitative estimate of drug-likeness (QED) is 0.504. The van der Waals surface area contributed by atoms with Crippen LogP contribution < -0.4 is 10.6 Å². The number of halogens is 3. The summed E-state index contributed by atoms with van der Waals surface area (Å²) in [6.07, 6.45) is 2.57. The lowest BCUT2D eigenvalue weighted by Crippen LogP contribution is -2.46. The molecule has 0 spiro atoms. The molecule has 2 N–H and O–H groups in total. The number of morpholine rings is 1. The molecule has 0 amide bonds. The first-order valence-electron chi connectivity index (χ1n) is 9.97. The number of rotatable bonds is 8. The monoisotopic (exact) mass is 424 g/mol. The van der Waals surface area contributed by atoms with Crippen LogP contribution in [0.2, 0.25) is 0 Å². The molecule has 0 aliphatic carbocycles. The molecule has 30 heavy (non-hydrogen) atoms. The maximum atomic E-state index is 13.4. The Labute approximate surface area is 174 Å². The summed E-state index contributed by atoms with van der Waals surface area (Å²) in [6.45, 7) is 3.24. The van der Waals surface area contributed by atoms with Gasteiger partial charge < -0.3 is 15.4 Å². The van der Waals surface area contributed by atoms with Crippen LogP contribution >= 0.6 is 0 Å². The van der Waals surface area contributed by atoms with Crippen molar-refractivity contribution in [2.24, 2.45) is 4.99 Å². The Bertz CT molecular complexity index is 805. The van der Waals surface area contributed by atoms with E-state index in [9.17, 15) is 13.2 Å². The number of guanidine groups is 1. The summed E-state index contributed by atoms with van der Waals surface area (Å²) in [4.78, 5) is 10.6. The Morgan fingerprint density at radius 1 is 1.20 bits per heavy atom. The smallest absolute Gasteiger partial charge is 0.319 e. The van der Waals surface area contributed by atoms with Crippen molar-refractivity contribution in [1.29, 1.82) is 0 Å². The van der Waals surface area contributed by atoms with Crippen LogP contribution in [0.5, 0.6) is 0 Å². The van der Waals surface area contributed by atoms with Crippen molar-refractivity contribution in [3.05, 3.63) is 53.9 Å². The molecule has 1 aliphatic rings. The van der Waals surface area contributed by atoms with Gasteiger partial charge in [0, 0.05) is 38.6 Å². The minimum Gasteiger partial charge on any atom is -0.379 e. The molecule has 1 saturated heterocycles. The van der Waals surface area contributed by atoms with Crippen LogP contribution in [0, 0.1) is 5.82 Å². The van der Waals surface area contributed by atoms with Gasteiger partial charge in [0.25, 0.3) is 0 Å². The van der Waals surface area contributed by atoms with Crippen LogP contribution in [0.3, 0.4) is 0 Å². The first-order valence-corrected chi connectivity index (χ1v) is 9.97.